The molecule has 2 aromatic rings. The molecule has 2 N–H and O–H groups in total. The van der Waals surface area contributed by atoms with E-state index in [1.54, 1.807) is 6.07 Å². The first-order chi connectivity index (χ1) is 8.52. The quantitative estimate of drug-likeness (QED) is 0.766. The molecular weight excluding hydrogens is 248 g/mol. The molecule has 1 aromatic heterocycles. The van der Waals surface area contributed by atoms with Crippen molar-refractivity contribution in [2.75, 3.05) is 0 Å². The van der Waals surface area contributed by atoms with Crippen LogP contribution in [0.4, 0.5) is 0 Å². The minimum absolute atomic E-state index is 0.0668. The summed E-state index contributed by atoms with van der Waals surface area (Å²) < 4.78 is 0.507. The standard InChI is InChI=1S/C14H12O3S/c1-3-10-11-5-4-9(16)7-12(11)14(17)18-13(10)6-8(2)15/h3-7,15-16H,2H2,1H3/b10-3-,13-6+. The molecule has 0 atom stereocenters. The van der Waals surface area contributed by atoms with Crippen molar-refractivity contribution in [2.45, 2.75) is 6.92 Å². The van der Waals surface area contributed by atoms with E-state index in [0.717, 1.165) is 21.9 Å². The van der Waals surface area contributed by atoms with Gasteiger partial charge in [-0.05, 0) is 41.8 Å². The van der Waals surface area contributed by atoms with Crippen LogP contribution in [-0.2, 0) is 0 Å². The molecule has 1 heterocycles. The van der Waals surface area contributed by atoms with Crippen molar-refractivity contribution in [1.29, 1.82) is 0 Å². The third-order valence-electron chi connectivity index (χ3n) is 2.57. The van der Waals surface area contributed by atoms with Gasteiger partial charge in [0.2, 0.25) is 4.74 Å². The minimum Gasteiger partial charge on any atom is -0.509 e. The van der Waals surface area contributed by atoms with E-state index in [0.29, 0.717) is 9.92 Å². The lowest BCUT2D eigenvalue weighted by Gasteiger charge is -1.99. The second-order valence-electron chi connectivity index (χ2n) is 3.82. The molecule has 3 nitrogen and oxygen atoms in total. The van der Waals surface area contributed by atoms with Crippen LogP contribution in [0.2, 0.25) is 0 Å². The second-order valence-corrected chi connectivity index (χ2v) is 4.84. The molecule has 0 aliphatic carbocycles. The normalized spacial score (nSPS) is 13.2. The summed E-state index contributed by atoms with van der Waals surface area (Å²) in [6, 6.07) is 4.70. The zero-order valence-electron chi connectivity index (χ0n) is 9.80. The van der Waals surface area contributed by atoms with Gasteiger partial charge in [0.15, 0.2) is 0 Å². The fourth-order valence-electron chi connectivity index (χ4n) is 1.83. The minimum atomic E-state index is -0.154. The summed E-state index contributed by atoms with van der Waals surface area (Å²) in [7, 11) is 0. The molecule has 1 aromatic carbocycles. The maximum Gasteiger partial charge on any atom is 0.240 e. The predicted molar refractivity (Wildman–Crippen MR) is 75.4 cm³/mol. The number of hydrogen-bond acceptors (Lipinski definition) is 4. The lowest BCUT2D eigenvalue weighted by Crippen LogP contribution is -2.26. The molecule has 0 unspecified atom stereocenters. The Labute approximate surface area is 107 Å². The number of hydrogen-bond donors (Lipinski definition) is 2. The van der Waals surface area contributed by atoms with Gasteiger partial charge in [-0.1, -0.05) is 24.0 Å². The number of fused-ring (bicyclic) bond motifs is 1. The molecule has 0 radical (unpaired) electrons. The Kier molecular flexibility index (Phi) is 3.21. The van der Waals surface area contributed by atoms with Gasteiger partial charge in [0.1, 0.15) is 11.5 Å². The molecule has 92 valence electrons. The van der Waals surface area contributed by atoms with E-state index in [2.05, 4.69) is 6.58 Å². The highest BCUT2D eigenvalue weighted by molar-refractivity contribution is 7.07. The van der Waals surface area contributed by atoms with Crippen LogP contribution in [0.3, 0.4) is 0 Å². The Bertz CT molecular complexity index is 800. The van der Waals surface area contributed by atoms with Crippen LogP contribution in [0, 0.1) is 0 Å². The van der Waals surface area contributed by atoms with Crippen LogP contribution >= 0.6 is 11.3 Å². The number of allylic oxidation sites excluding steroid dienone is 1. The van der Waals surface area contributed by atoms with Gasteiger partial charge in [-0.2, -0.15) is 0 Å². The zero-order chi connectivity index (χ0) is 13.3. The Balaban J connectivity index is 3.09. The highest BCUT2D eigenvalue weighted by Gasteiger charge is 2.03. The SMILES string of the molecule is C=C(O)/C=c1/sc(=O)c2cc(O)ccc2/c1=C/C. The van der Waals surface area contributed by atoms with Gasteiger partial charge < -0.3 is 10.2 Å². The van der Waals surface area contributed by atoms with Gasteiger partial charge in [0.05, 0.1) is 0 Å². The third kappa shape index (κ3) is 2.15. The molecule has 0 bridgehead atoms. The maximum absolute atomic E-state index is 12.0. The van der Waals surface area contributed by atoms with Gasteiger partial charge in [-0.25, -0.2) is 0 Å². The van der Waals surface area contributed by atoms with E-state index in [1.807, 2.05) is 13.0 Å². The molecule has 0 aliphatic rings. The van der Waals surface area contributed by atoms with Crippen LogP contribution in [0.1, 0.15) is 6.92 Å². The largest absolute Gasteiger partial charge is 0.509 e. The average molecular weight is 260 g/mol. The summed E-state index contributed by atoms with van der Waals surface area (Å²) >= 11 is 1.02. The van der Waals surface area contributed by atoms with Crippen LogP contribution in [0.25, 0.3) is 22.9 Å². The van der Waals surface area contributed by atoms with Gasteiger partial charge in [0, 0.05) is 9.92 Å². The zero-order valence-corrected chi connectivity index (χ0v) is 10.6. The Morgan fingerprint density at radius 3 is 2.72 bits per heavy atom. The monoisotopic (exact) mass is 260 g/mol. The van der Waals surface area contributed by atoms with Crippen LogP contribution in [0.15, 0.2) is 35.3 Å². The lowest BCUT2D eigenvalue weighted by molar-refractivity contribution is 0.444. The van der Waals surface area contributed by atoms with Crippen LogP contribution in [0.5, 0.6) is 5.75 Å². The number of aliphatic hydroxyl groups excluding tert-OH is 1. The van der Waals surface area contributed by atoms with Gasteiger partial charge in [-0.3, -0.25) is 4.79 Å². The molecule has 0 saturated carbocycles. The summed E-state index contributed by atoms with van der Waals surface area (Å²) in [4.78, 5) is 12.0. The fraction of sp³-hybridized carbons (Fsp3) is 0.0714. The molecule has 4 heteroatoms. The molecule has 0 spiro atoms. The molecule has 0 fully saturated rings. The van der Waals surface area contributed by atoms with Gasteiger partial charge in [0.25, 0.3) is 0 Å². The summed E-state index contributed by atoms with van der Waals surface area (Å²) in [5, 5.41) is 20.7. The summed E-state index contributed by atoms with van der Waals surface area (Å²) in [6.45, 7) is 5.26. The van der Waals surface area contributed by atoms with Crippen molar-refractivity contribution in [2.24, 2.45) is 0 Å². The van der Waals surface area contributed by atoms with Crippen LogP contribution < -0.4 is 14.5 Å². The second kappa shape index (κ2) is 4.66. The van der Waals surface area contributed by atoms with Crippen molar-refractivity contribution in [1.82, 2.24) is 0 Å². The van der Waals surface area contributed by atoms with Gasteiger partial charge >= 0.3 is 0 Å². The highest BCUT2D eigenvalue weighted by atomic mass is 32.1. The number of phenols is 1. The Morgan fingerprint density at radius 2 is 2.11 bits per heavy atom. The number of aromatic hydroxyl groups is 1. The van der Waals surface area contributed by atoms with E-state index in [-0.39, 0.29) is 16.3 Å². The highest BCUT2D eigenvalue weighted by Crippen LogP contribution is 2.13. The van der Waals surface area contributed by atoms with Crippen molar-refractivity contribution < 1.29 is 10.2 Å². The van der Waals surface area contributed by atoms with E-state index in [4.69, 9.17) is 0 Å². The predicted octanol–water partition coefficient (Wildman–Crippen LogP) is 1.62. The average Bonchev–Trinajstić information content (AvgIpc) is 2.29. The van der Waals surface area contributed by atoms with E-state index in [1.165, 1.54) is 18.2 Å². The Morgan fingerprint density at radius 1 is 1.39 bits per heavy atom. The summed E-state index contributed by atoms with van der Waals surface area (Å²) in [5.41, 5.74) is 0. The molecular formula is C14H12O3S. The molecule has 0 saturated heterocycles. The number of aliphatic hydroxyl groups is 1. The molecule has 0 aliphatic heterocycles. The van der Waals surface area contributed by atoms with Crippen molar-refractivity contribution in [3.8, 4) is 5.75 Å². The number of benzene rings is 1. The summed E-state index contributed by atoms with van der Waals surface area (Å²) in [6.07, 6.45) is 3.33. The third-order valence-corrected chi connectivity index (χ3v) is 3.53. The smallest absolute Gasteiger partial charge is 0.240 e. The fourth-order valence-corrected chi connectivity index (χ4v) is 2.85. The van der Waals surface area contributed by atoms with E-state index < -0.39 is 0 Å². The van der Waals surface area contributed by atoms with Crippen molar-refractivity contribution in [3.63, 3.8) is 0 Å². The molecule has 18 heavy (non-hydrogen) atoms. The van der Waals surface area contributed by atoms with Crippen LogP contribution in [-0.4, -0.2) is 10.2 Å². The summed E-state index contributed by atoms with van der Waals surface area (Å²) in [5.74, 6) is -0.0240. The van der Waals surface area contributed by atoms with Crippen molar-refractivity contribution in [3.05, 3.63) is 49.8 Å². The topological polar surface area (TPSA) is 57.5 Å². The lowest BCUT2D eigenvalue weighted by atomic mass is 10.1. The first-order valence-electron chi connectivity index (χ1n) is 5.34. The maximum atomic E-state index is 12.0. The first-order valence-corrected chi connectivity index (χ1v) is 6.16. The van der Waals surface area contributed by atoms with E-state index >= 15 is 0 Å². The van der Waals surface area contributed by atoms with Gasteiger partial charge in [-0.15, -0.1) is 0 Å². The Hall–Kier alpha value is -2.07. The first kappa shape index (κ1) is 12.4. The van der Waals surface area contributed by atoms with Crippen molar-refractivity contribution >= 4 is 34.3 Å². The number of rotatable bonds is 1. The van der Waals surface area contributed by atoms with E-state index in [9.17, 15) is 15.0 Å². The number of phenolic OH excluding ortho intramolecular Hbond substituents is 1. The molecule has 2 rings (SSSR count). The molecule has 0 amide bonds.